The number of amides is 1. The summed E-state index contributed by atoms with van der Waals surface area (Å²) in [6.45, 7) is 5.60. The highest BCUT2D eigenvalue weighted by Crippen LogP contribution is 2.26. The minimum Gasteiger partial charge on any atom is -0.454 e. The Balaban J connectivity index is 2.70. The number of rotatable bonds is 49. The van der Waals surface area contributed by atoms with Crippen LogP contribution in [0.3, 0.4) is 0 Å². The van der Waals surface area contributed by atoms with Gasteiger partial charge in [-0.3, -0.25) is 9.59 Å². The van der Waals surface area contributed by atoms with Crippen molar-refractivity contribution in [3.05, 3.63) is 97.2 Å². The van der Waals surface area contributed by atoms with Crippen LogP contribution in [0.4, 0.5) is 0 Å². The molecule has 0 spiro atoms. The topological polar surface area (TPSA) is 175 Å². The van der Waals surface area contributed by atoms with Gasteiger partial charge in [-0.2, -0.15) is 0 Å². The largest absolute Gasteiger partial charge is 0.454 e. The standard InChI is InChI=1S/C64H109NO10/c1-4-7-10-13-16-19-22-24-25-26-27-28-29-30-31-32-34-36-39-42-45-48-51-57(68)63(72)65-55(56(67)50-47-44-41-38-35-21-18-15-12-9-6-3)54-73-64-62(61(71)60(70)58(53-66)74-64)75-59(69)52-49-46-43-40-37-33-23-20-17-14-11-8-5-2/h7,10,16,19,24-25,27-28,30-31,33,37,43,46-47,50,55-58,60-62,64,66-68,70-71H,4-6,8-9,11-15,17-18,20-23,26,29,32,34-36,38-42,44-45,48-49,51-54H2,1-3H3,(H,65,72)/b10-7-,19-16-,25-24-,28-27-,31-30-,37-33-,46-43+,50-47+. The summed E-state index contributed by atoms with van der Waals surface area (Å²) in [6.07, 6.45) is 57.5. The summed E-state index contributed by atoms with van der Waals surface area (Å²) in [5.74, 6) is -1.28. The molecule has 1 amide bonds. The summed E-state index contributed by atoms with van der Waals surface area (Å²) in [6, 6.07) is -1.05. The Labute approximate surface area is 456 Å². The molecule has 0 radical (unpaired) electrons. The van der Waals surface area contributed by atoms with Crippen molar-refractivity contribution in [1.29, 1.82) is 0 Å². The van der Waals surface area contributed by atoms with Gasteiger partial charge in [-0.15, -0.1) is 0 Å². The fourth-order valence-electron chi connectivity index (χ4n) is 8.73. The van der Waals surface area contributed by atoms with Gasteiger partial charge in [0.25, 0.3) is 0 Å². The number of hydrogen-bond donors (Lipinski definition) is 6. The molecular formula is C64H109NO10. The van der Waals surface area contributed by atoms with Crippen LogP contribution < -0.4 is 5.32 Å². The number of carbonyl (C=O) groups excluding carboxylic acids is 2. The van der Waals surface area contributed by atoms with E-state index >= 15 is 0 Å². The van der Waals surface area contributed by atoms with Crippen LogP contribution in [0.15, 0.2) is 97.2 Å². The summed E-state index contributed by atoms with van der Waals surface area (Å²) < 4.78 is 17.5. The van der Waals surface area contributed by atoms with Crippen molar-refractivity contribution in [1.82, 2.24) is 5.32 Å². The molecule has 75 heavy (non-hydrogen) atoms. The van der Waals surface area contributed by atoms with Crippen molar-refractivity contribution in [2.75, 3.05) is 13.2 Å². The minimum atomic E-state index is -1.64. The Bertz CT molecular complexity index is 1580. The zero-order valence-electron chi connectivity index (χ0n) is 47.4. The van der Waals surface area contributed by atoms with Gasteiger partial charge in [0, 0.05) is 6.42 Å². The maximum atomic E-state index is 13.4. The Morgan fingerprint density at radius 2 is 0.960 bits per heavy atom. The predicted molar refractivity (Wildman–Crippen MR) is 310 cm³/mol. The van der Waals surface area contributed by atoms with Gasteiger partial charge < -0.3 is 45.1 Å². The van der Waals surface area contributed by atoms with E-state index in [4.69, 9.17) is 14.2 Å². The summed E-state index contributed by atoms with van der Waals surface area (Å²) in [5.41, 5.74) is 0. The Hall–Kier alpha value is -3.42. The third-order valence-corrected chi connectivity index (χ3v) is 13.5. The highest BCUT2D eigenvalue weighted by atomic mass is 16.7. The Morgan fingerprint density at radius 3 is 1.44 bits per heavy atom. The van der Waals surface area contributed by atoms with E-state index in [-0.39, 0.29) is 19.4 Å². The maximum absolute atomic E-state index is 13.4. The van der Waals surface area contributed by atoms with Gasteiger partial charge in [0.2, 0.25) is 5.91 Å². The average Bonchev–Trinajstić information content (AvgIpc) is 3.41. The third kappa shape index (κ3) is 39.6. The molecule has 1 aliphatic rings. The van der Waals surface area contributed by atoms with E-state index in [1.807, 2.05) is 18.2 Å². The predicted octanol–water partition coefficient (Wildman–Crippen LogP) is 13.9. The Morgan fingerprint density at radius 1 is 0.533 bits per heavy atom. The second-order valence-electron chi connectivity index (χ2n) is 20.3. The van der Waals surface area contributed by atoms with Gasteiger partial charge in [0.1, 0.15) is 24.4 Å². The quantitative estimate of drug-likeness (QED) is 0.0195. The van der Waals surface area contributed by atoms with Crippen molar-refractivity contribution in [3.63, 3.8) is 0 Å². The van der Waals surface area contributed by atoms with Gasteiger partial charge in [-0.1, -0.05) is 234 Å². The molecule has 430 valence electrons. The number of unbranched alkanes of at least 4 members (excludes halogenated alkanes) is 21. The number of hydrogen-bond acceptors (Lipinski definition) is 10. The molecule has 0 saturated carbocycles. The van der Waals surface area contributed by atoms with E-state index in [9.17, 15) is 35.1 Å². The minimum absolute atomic E-state index is 0.0122. The zero-order chi connectivity index (χ0) is 54.7. The van der Waals surface area contributed by atoms with Crippen LogP contribution in [0.5, 0.6) is 0 Å². The Kier molecular flexibility index (Phi) is 47.6. The first-order chi connectivity index (χ1) is 36.7. The van der Waals surface area contributed by atoms with E-state index in [2.05, 4.69) is 99.0 Å². The van der Waals surface area contributed by atoms with Crippen molar-refractivity contribution >= 4 is 11.9 Å². The molecule has 1 heterocycles. The lowest BCUT2D eigenvalue weighted by molar-refractivity contribution is -0.305. The van der Waals surface area contributed by atoms with Crippen molar-refractivity contribution in [2.24, 2.45) is 0 Å². The highest BCUT2D eigenvalue weighted by molar-refractivity contribution is 5.80. The van der Waals surface area contributed by atoms with Crippen LogP contribution in [0.2, 0.25) is 0 Å². The highest BCUT2D eigenvalue weighted by Gasteiger charge is 2.47. The number of ether oxygens (including phenoxy) is 3. The molecule has 11 heteroatoms. The van der Waals surface area contributed by atoms with Crippen molar-refractivity contribution in [3.8, 4) is 0 Å². The van der Waals surface area contributed by atoms with Gasteiger partial charge >= 0.3 is 5.97 Å². The second kappa shape index (κ2) is 51.3. The number of nitrogens with one attached hydrogen (secondary N) is 1. The molecule has 8 atom stereocenters. The molecule has 1 rings (SSSR count). The molecular weight excluding hydrogens is 943 g/mol. The molecule has 0 aromatic rings. The summed E-state index contributed by atoms with van der Waals surface area (Å²) in [5, 5.41) is 56.8. The van der Waals surface area contributed by atoms with Gasteiger partial charge in [-0.05, 0) is 89.9 Å². The lowest BCUT2D eigenvalue weighted by Crippen LogP contribution is -2.61. The SMILES string of the molecule is CC/C=C\C/C=C\C/C=C\C/C=C\C/C=C\CCCCCCCCC(O)C(=O)NC(COC1OC(CO)C(O)C(O)C1OC(=O)CC/C=C/C/C=C\CCCCCCCC)C(O)/C=C/CCCCCCCCCCC. The van der Waals surface area contributed by atoms with Crippen LogP contribution in [-0.4, -0.2) is 99.6 Å². The molecule has 1 saturated heterocycles. The van der Waals surface area contributed by atoms with Gasteiger partial charge in [0.05, 0.1) is 25.4 Å². The first kappa shape index (κ1) is 69.6. The van der Waals surface area contributed by atoms with Crippen molar-refractivity contribution < 1.29 is 49.3 Å². The molecule has 6 N–H and O–H groups in total. The normalized spacial score (nSPS) is 19.9. The third-order valence-electron chi connectivity index (χ3n) is 13.5. The lowest BCUT2D eigenvalue weighted by atomic mass is 9.99. The maximum Gasteiger partial charge on any atom is 0.306 e. The fraction of sp³-hybridized carbons (Fsp3) is 0.719. The molecule has 0 aliphatic carbocycles. The molecule has 1 aliphatic heterocycles. The second-order valence-corrected chi connectivity index (χ2v) is 20.3. The molecule has 0 bridgehead atoms. The molecule has 0 aromatic carbocycles. The summed E-state index contributed by atoms with van der Waals surface area (Å²) in [4.78, 5) is 26.4. The van der Waals surface area contributed by atoms with E-state index in [0.717, 1.165) is 109 Å². The monoisotopic (exact) mass is 1050 g/mol. The number of allylic oxidation sites excluding steroid dienone is 15. The zero-order valence-corrected chi connectivity index (χ0v) is 47.4. The molecule has 0 aromatic heterocycles. The first-order valence-electron chi connectivity index (χ1n) is 30.0. The van der Waals surface area contributed by atoms with E-state index in [1.165, 1.54) is 77.0 Å². The number of aliphatic hydroxyl groups excluding tert-OH is 5. The van der Waals surface area contributed by atoms with Crippen LogP contribution in [0, 0.1) is 0 Å². The van der Waals surface area contributed by atoms with Crippen LogP contribution in [-0.2, 0) is 23.8 Å². The van der Waals surface area contributed by atoms with Crippen LogP contribution in [0.1, 0.15) is 233 Å². The van der Waals surface area contributed by atoms with Crippen LogP contribution >= 0.6 is 0 Å². The number of esters is 1. The van der Waals surface area contributed by atoms with Gasteiger partial charge in [0.15, 0.2) is 12.4 Å². The smallest absolute Gasteiger partial charge is 0.306 e. The number of aliphatic hydroxyl groups is 5. The van der Waals surface area contributed by atoms with E-state index < -0.39 is 67.4 Å². The molecule has 11 nitrogen and oxygen atoms in total. The van der Waals surface area contributed by atoms with Crippen molar-refractivity contribution in [2.45, 2.75) is 282 Å². The molecule has 1 fully saturated rings. The van der Waals surface area contributed by atoms with Crippen LogP contribution in [0.25, 0.3) is 0 Å². The first-order valence-corrected chi connectivity index (χ1v) is 30.0. The van der Waals surface area contributed by atoms with E-state index in [1.54, 1.807) is 6.08 Å². The van der Waals surface area contributed by atoms with E-state index in [0.29, 0.717) is 12.8 Å². The number of carbonyl (C=O) groups is 2. The fourth-order valence-corrected chi connectivity index (χ4v) is 8.73. The van der Waals surface area contributed by atoms with Gasteiger partial charge in [-0.25, -0.2) is 0 Å². The molecule has 8 unspecified atom stereocenters. The summed E-state index contributed by atoms with van der Waals surface area (Å²) in [7, 11) is 0. The lowest BCUT2D eigenvalue weighted by Gasteiger charge is -2.41. The average molecular weight is 1050 g/mol. The summed E-state index contributed by atoms with van der Waals surface area (Å²) >= 11 is 0.